The standard InChI is InChI=1S/C15H13ClN2O6/c16-9-3-4-11(12(19)6-9)14(21)24-8-13(20)18-15(22)17-7-10-2-1-5-23-10/h1-6,19H,7-8H2,(H2,17,18,20,22). The fourth-order valence-corrected chi connectivity index (χ4v) is 1.84. The summed E-state index contributed by atoms with van der Waals surface area (Å²) >= 11 is 5.65. The van der Waals surface area contributed by atoms with E-state index < -0.39 is 24.5 Å². The van der Waals surface area contributed by atoms with Crippen molar-refractivity contribution in [2.75, 3.05) is 6.61 Å². The Bertz CT molecular complexity index is 744. The predicted molar refractivity (Wildman–Crippen MR) is 82.5 cm³/mol. The number of aromatic hydroxyl groups is 1. The van der Waals surface area contributed by atoms with Crippen molar-refractivity contribution in [1.29, 1.82) is 0 Å². The Morgan fingerprint density at radius 1 is 1.25 bits per heavy atom. The zero-order valence-corrected chi connectivity index (χ0v) is 13.0. The number of carbonyl (C=O) groups is 3. The first-order valence-electron chi connectivity index (χ1n) is 6.71. The Balaban J connectivity index is 1.75. The van der Waals surface area contributed by atoms with Crippen molar-refractivity contribution in [3.63, 3.8) is 0 Å². The first-order chi connectivity index (χ1) is 11.5. The molecule has 1 aromatic heterocycles. The topological polar surface area (TPSA) is 118 Å². The fourth-order valence-electron chi connectivity index (χ4n) is 1.67. The van der Waals surface area contributed by atoms with E-state index in [1.54, 1.807) is 12.1 Å². The number of esters is 1. The highest BCUT2D eigenvalue weighted by Crippen LogP contribution is 2.22. The number of ether oxygens (including phenoxy) is 1. The molecule has 1 aromatic carbocycles. The minimum Gasteiger partial charge on any atom is -0.507 e. The average Bonchev–Trinajstić information content (AvgIpc) is 3.04. The molecule has 1 heterocycles. The summed E-state index contributed by atoms with van der Waals surface area (Å²) in [7, 11) is 0. The van der Waals surface area contributed by atoms with Gasteiger partial charge in [-0.3, -0.25) is 10.1 Å². The van der Waals surface area contributed by atoms with Crippen molar-refractivity contribution in [3.05, 3.63) is 52.9 Å². The third-order valence-corrected chi connectivity index (χ3v) is 3.01. The maximum Gasteiger partial charge on any atom is 0.342 e. The van der Waals surface area contributed by atoms with Gasteiger partial charge < -0.3 is 19.6 Å². The zero-order chi connectivity index (χ0) is 17.5. The number of hydrogen-bond acceptors (Lipinski definition) is 6. The molecule has 3 amide bonds. The van der Waals surface area contributed by atoms with Crippen LogP contribution in [0.2, 0.25) is 5.02 Å². The number of urea groups is 1. The maximum absolute atomic E-state index is 11.7. The van der Waals surface area contributed by atoms with Gasteiger partial charge in [-0.05, 0) is 30.3 Å². The van der Waals surface area contributed by atoms with Gasteiger partial charge in [-0.2, -0.15) is 0 Å². The number of imide groups is 1. The highest BCUT2D eigenvalue weighted by atomic mass is 35.5. The molecule has 0 aliphatic heterocycles. The van der Waals surface area contributed by atoms with E-state index in [1.165, 1.54) is 24.5 Å². The van der Waals surface area contributed by atoms with E-state index in [1.807, 2.05) is 5.32 Å². The fraction of sp³-hybridized carbons (Fsp3) is 0.133. The Labute approximate surface area is 141 Å². The molecule has 8 nitrogen and oxygen atoms in total. The van der Waals surface area contributed by atoms with Gasteiger partial charge in [-0.25, -0.2) is 9.59 Å². The molecule has 0 radical (unpaired) electrons. The van der Waals surface area contributed by atoms with Crippen LogP contribution in [0.15, 0.2) is 41.0 Å². The van der Waals surface area contributed by atoms with Gasteiger partial charge in [-0.15, -0.1) is 0 Å². The number of phenolic OH excluding ortho intramolecular Hbond substituents is 1. The number of halogens is 1. The quantitative estimate of drug-likeness (QED) is 0.706. The van der Waals surface area contributed by atoms with Crippen molar-refractivity contribution in [2.24, 2.45) is 0 Å². The van der Waals surface area contributed by atoms with Crippen molar-refractivity contribution in [2.45, 2.75) is 6.54 Å². The number of nitrogens with one attached hydrogen (secondary N) is 2. The molecule has 0 saturated carbocycles. The molecule has 0 atom stereocenters. The lowest BCUT2D eigenvalue weighted by molar-refractivity contribution is -0.123. The predicted octanol–water partition coefficient (Wildman–Crippen LogP) is 1.82. The molecule has 0 aliphatic rings. The number of carbonyl (C=O) groups excluding carboxylic acids is 3. The third kappa shape index (κ3) is 5.03. The van der Waals surface area contributed by atoms with Crippen LogP contribution >= 0.6 is 11.6 Å². The van der Waals surface area contributed by atoms with E-state index in [9.17, 15) is 19.5 Å². The van der Waals surface area contributed by atoms with Gasteiger partial charge in [0, 0.05) is 5.02 Å². The molecule has 0 aliphatic carbocycles. The Hall–Kier alpha value is -3.00. The number of phenols is 1. The molecule has 0 bridgehead atoms. The molecule has 24 heavy (non-hydrogen) atoms. The molecular formula is C15H13ClN2O6. The molecule has 3 N–H and O–H groups in total. The van der Waals surface area contributed by atoms with Crippen LogP contribution in [0.5, 0.6) is 5.75 Å². The minimum absolute atomic E-state index is 0.102. The molecule has 0 spiro atoms. The summed E-state index contributed by atoms with van der Waals surface area (Å²) in [5, 5.41) is 14.2. The molecule has 126 valence electrons. The summed E-state index contributed by atoms with van der Waals surface area (Å²) in [5.74, 6) is -1.60. The van der Waals surface area contributed by atoms with Gasteiger partial charge in [0.2, 0.25) is 0 Å². The average molecular weight is 353 g/mol. The Morgan fingerprint density at radius 3 is 2.71 bits per heavy atom. The molecule has 2 rings (SSSR count). The second-order valence-corrected chi connectivity index (χ2v) is 4.98. The highest BCUT2D eigenvalue weighted by Gasteiger charge is 2.15. The van der Waals surface area contributed by atoms with Crippen LogP contribution < -0.4 is 10.6 Å². The second kappa shape index (κ2) is 8.02. The summed E-state index contributed by atoms with van der Waals surface area (Å²) in [4.78, 5) is 34.7. The number of rotatable bonds is 5. The molecule has 0 unspecified atom stereocenters. The normalized spacial score (nSPS) is 10.0. The van der Waals surface area contributed by atoms with Crippen LogP contribution in [0.4, 0.5) is 4.79 Å². The number of hydrogen-bond donors (Lipinski definition) is 3. The number of furan rings is 1. The van der Waals surface area contributed by atoms with Gasteiger partial charge in [-0.1, -0.05) is 11.6 Å². The zero-order valence-electron chi connectivity index (χ0n) is 12.2. The summed E-state index contributed by atoms with van der Waals surface area (Å²) in [6.45, 7) is -0.584. The van der Waals surface area contributed by atoms with E-state index in [0.717, 1.165) is 0 Å². The first kappa shape index (κ1) is 17.4. The summed E-state index contributed by atoms with van der Waals surface area (Å²) in [6.07, 6.45) is 1.45. The van der Waals surface area contributed by atoms with E-state index in [4.69, 9.17) is 20.8 Å². The van der Waals surface area contributed by atoms with Gasteiger partial charge >= 0.3 is 12.0 Å². The monoisotopic (exact) mass is 352 g/mol. The molecule has 0 fully saturated rings. The van der Waals surface area contributed by atoms with Crippen LogP contribution in [0.1, 0.15) is 16.1 Å². The van der Waals surface area contributed by atoms with Crippen molar-refractivity contribution < 1.29 is 28.6 Å². The van der Waals surface area contributed by atoms with Crippen molar-refractivity contribution in [1.82, 2.24) is 10.6 Å². The van der Waals surface area contributed by atoms with Gasteiger partial charge in [0.05, 0.1) is 12.8 Å². The van der Waals surface area contributed by atoms with Gasteiger partial charge in [0.1, 0.15) is 17.1 Å². The number of amides is 3. The van der Waals surface area contributed by atoms with E-state index in [-0.39, 0.29) is 22.9 Å². The van der Waals surface area contributed by atoms with E-state index in [0.29, 0.717) is 5.76 Å². The minimum atomic E-state index is -0.921. The van der Waals surface area contributed by atoms with Crippen molar-refractivity contribution >= 4 is 29.5 Å². The molecular weight excluding hydrogens is 340 g/mol. The van der Waals surface area contributed by atoms with Crippen LogP contribution in [0.25, 0.3) is 0 Å². The summed E-state index contributed by atoms with van der Waals surface area (Å²) < 4.78 is 9.72. The SMILES string of the molecule is O=C(COC(=O)c1ccc(Cl)cc1O)NC(=O)NCc1ccco1. The van der Waals surface area contributed by atoms with Crippen LogP contribution in [-0.2, 0) is 16.1 Å². The van der Waals surface area contributed by atoms with Crippen LogP contribution in [0, 0.1) is 0 Å². The van der Waals surface area contributed by atoms with Crippen LogP contribution in [-0.4, -0.2) is 29.6 Å². The number of benzene rings is 1. The van der Waals surface area contributed by atoms with E-state index in [2.05, 4.69) is 5.32 Å². The maximum atomic E-state index is 11.7. The molecule has 2 aromatic rings. The van der Waals surface area contributed by atoms with Gasteiger partial charge in [0.25, 0.3) is 5.91 Å². The van der Waals surface area contributed by atoms with Crippen LogP contribution in [0.3, 0.4) is 0 Å². The Kier molecular flexibility index (Phi) is 5.80. The largest absolute Gasteiger partial charge is 0.507 e. The lowest BCUT2D eigenvalue weighted by Crippen LogP contribution is -2.41. The molecule has 0 saturated heterocycles. The Morgan fingerprint density at radius 2 is 2.04 bits per heavy atom. The summed E-state index contributed by atoms with van der Waals surface area (Å²) in [5.41, 5.74) is -0.144. The highest BCUT2D eigenvalue weighted by molar-refractivity contribution is 6.30. The lowest BCUT2D eigenvalue weighted by atomic mass is 10.2. The lowest BCUT2D eigenvalue weighted by Gasteiger charge is -2.07. The summed E-state index contributed by atoms with van der Waals surface area (Å²) in [6, 6.07) is 6.37. The first-order valence-corrected chi connectivity index (χ1v) is 7.09. The smallest absolute Gasteiger partial charge is 0.342 e. The van der Waals surface area contributed by atoms with Crippen molar-refractivity contribution in [3.8, 4) is 5.75 Å². The van der Waals surface area contributed by atoms with E-state index >= 15 is 0 Å². The van der Waals surface area contributed by atoms with Gasteiger partial charge in [0.15, 0.2) is 6.61 Å². The second-order valence-electron chi connectivity index (χ2n) is 4.55. The third-order valence-electron chi connectivity index (χ3n) is 2.77. The molecule has 9 heteroatoms.